The number of nitrogens with zero attached hydrogens (tertiary/aromatic N) is 1. The molecule has 1 atom stereocenters. The lowest BCUT2D eigenvalue weighted by Crippen LogP contribution is -2.36. The molecule has 2 N–H and O–H groups in total. The van der Waals surface area contributed by atoms with Gasteiger partial charge in [0.15, 0.2) is 0 Å². The first-order chi connectivity index (χ1) is 9.03. The Hall–Kier alpha value is -2.01. The second kappa shape index (κ2) is 5.32. The van der Waals surface area contributed by atoms with Crippen LogP contribution in [0.15, 0.2) is 42.7 Å². The van der Waals surface area contributed by atoms with Gasteiger partial charge in [-0.05, 0) is 37.3 Å². The lowest BCUT2D eigenvalue weighted by molar-refractivity contribution is 0.223. The van der Waals surface area contributed by atoms with E-state index in [9.17, 15) is 13.9 Å². The van der Waals surface area contributed by atoms with Gasteiger partial charge in [-0.2, -0.15) is 0 Å². The number of aliphatic hydroxyl groups is 1. The van der Waals surface area contributed by atoms with E-state index in [1.807, 2.05) is 0 Å². The third kappa shape index (κ3) is 3.06. The Bertz CT molecular complexity index is 560. The zero-order valence-corrected chi connectivity index (χ0v) is 10.4. The predicted molar refractivity (Wildman–Crippen MR) is 68.7 cm³/mol. The van der Waals surface area contributed by atoms with Crippen molar-refractivity contribution in [3.05, 3.63) is 59.9 Å². The average molecular weight is 264 g/mol. The zero-order valence-electron chi connectivity index (χ0n) is 10.4. The molecule has 0 spiro atoms. The van der Waals surface area contributed by atoms with Crippen LogP contribution in [-0.2, 0) is 5.54 Å². The molecule has 0 aliphatic carbocycles. The van der Waals surface area contributed by atoms with E-state index < -0.39 is 11.4 Å². The maximum atomic E-state index is 13.2. The van der Waals surface area contributed by atoms with E-state index >= 15 is 0 Å². The van der Waals surface area contributed by atoms with Gasteiger partial charge in [-0.15, -0.1) is 0 Å². The van der Waals surface area contributed by atoms with Crippen molar-refractivity contribution in [1.29, 1.82) is 0 Å². The zero-order chi connectivity index (χ0) is 13.9. The first kappa shape index (κ1) is 13.4. The van der Waals surface area contributed by atoms with Crippen LogP contribution in [0.25, 0.3) is 0 Å². The quantitative estimate of drug-likeness (QED) is 0.892. The van der Waals surface area contributed by atoms with Crippen molar-refractivity contribution in [2.45, 2.75) is 12.5 Å². The van der Waals surface area contributed by atoms with E-state index in [-0.39, 0.29) is 12.4 Å². The lowest BCUT2D eigenvalue weighted by atomic mass is 9.94. The molecular formula is C14H14F2N2O. The molecule has 2 rings (SSSR count). The number of aliphatic hydroxyl groups excluding tert-OH is 1. The molecule has 0 aliphatic rings. The highest BCUT2D eigenvalue weighted by Crippen LogP contribution is 2.25. The van der Waals surface area contributed by atoms with Crippen LogP contribution < -0.4 is 5.32 Å². The summed E-state index contributed by atoms with van der Waals surface area (Å²) in [5, 5.41) is 12.6. The van der Waals surface area contributed by atoms with Crippen molar-refractivity contribution in [2.75, 3.05) is 11.9 Å². The third-order valence-corrected chi connectivity index (χ3v) is 2.92. The Balaban J connectivity index is 2.30. The molecular weight excluding hydrogens is 250 g/mol. The van der Waals surface area contributed by atoms with E-state index in [4.69, 9.17) is 0 Å². The molecule has 1 aromatic carbocycles. The van der Waals surface area contributed by atoms with Gasteiger partial charge in [0.2, 0.25) is 0 Å². The van der Waals surface area contributed by atoms with Gasteiger partial charge in [-0.3, -0.25) is 4.98 Å². The average Bonchev–Trinajstić information content (AvgIpc) is 2.41. The Morgan fingerprint density at radius 2 is 1.84 bits per heavy atom. The summed E-state index contributed by atoms with van der Waals surface area (Å²) in [6.45, 7) is 1.46. The summed E-state index contributed by atoms with van der Waals surface area (Å²) in [5.74, 6) is -0.818. The summed E-state index contributed by atoms with van der Waals surface area (Å²) in [7, 11) is 0. The third-order valence-electron chi connectivity index (χ3n) is 2.92. The summed E-state index contributed by atoms with van der Waals surface area (Å²) in [4.78, 5) is 3.77. The van der Waals surface area contributed by atoms with Crippen molar-refractivity contribution < 1.29 is 13.9 Å². The van der Waals surface area contributed by atoms with E-state index in [2.05, 4.69) is 10.3 Å². The highest BCUT2D eigenvalue weighted by atomic mass is 19.1. The maximum absolute atomic E-state index is 13.2. The van der Waals surface area contributed by atoms with Gasteiger partial charge in [0.25, 0.3) is 0 Å². The monoisotopic (exact) mass is 264 g/mol. The van der Waals surface area contributed by atoms with Crippen molar-refractivity contribution in [2.24, 2.45) is 0 Å². The summed E-state index contributed by atoms with van der Waals surface area (Å²) in [6.07, 6.45) is 2.58. The van der Waals surface area contributed by atoms with Crippen LogP contribution in [0, 0.1) is 11.6 Å². The summed E-state index contributed by atoms with van der Waals surface area (Å²) in [6, 6.07) is 7.03. The topological polar surface area (TPSA) is 45.1 Å². The second-order valence-electron chi connectivity index (χ2n) is 4.51. The Labute approximate surface area is 109 Å². The van der Waals surface area contributed by atoms with E-state index in [1.54, 1.807) is 19.1 Å². The lowest BCUT2D eigenvalue weighted by Gasteiger charge is -2.30. The predicted octanol–water partition coefficient (Wildman–Crippen LogP) is 2.68. The molecule has 2 aromatic rings. The number of hydrogen-bond acceptors (Lipinski definition) is 3. The smallest absolute Gasteiger partial charge is 0.141 e. The molecule has 0 radical (unpaired) electrons. The fourth-order valence-electron chi connectivity index (χ4n) is 1.77. The number of aromatic nitrogens is 1. The molecule has 1 aromatic heterocycles. The number of benzene rings is 1. The van der Waals surface area contributed by atoms with Crippen LogP contribution in [0.2, 0.25) is 0 Å². The normalized spacial score (nSPS) is 13.9. The molecule has 0 amide bonds. The van der Waals surface area contributed by atoms with E-state index in [1.165, 1.54) is 24.4 Å². The number of nitrogens with one attached hydrogen (secondary N) is 1. The fourth-order valence-corrected chi connectivity index (χ4v) is 1.77. The second-order valence-corrected chi connectivity index (χ2v) is 4.51. The fraction of sp³-hybridized carbons (Fsp3) is 0.214. The van der Waals surface area contributed by atoms with Gasteiger partial charge in [-0.1, -0.05) is 0 Å². The summed E-state index contributed by atoms with van der Waals surface area (Å²) < 4.78 is 26.0. The van der Waals surface area contributed by atoms with Crippen LogP contribution >= 0.6 is 0 Å². The largest absolute Gasteiger partial charge is 0.394 e. The highest BCUT2D eigenvalue weighted by Gasteiger charge is 2.26. The highest BCUT2D eigenvalue weighted by molar-refractivity contribution is 5.47. The molecule has 3 nitrogen and oxygen atoms in total. The van der Waals surface area contributed by atoms with E-state index in [0.29, 0.717) is 11.3 Å². The number of pyridine rings is 1. The van der Waals surface area contributed by atoms with Gasteiger partial charge in [0.1, 0.15) is 11.6 Å². The number of rotatable bonds is 4. The molecule has 100 valence electrons. The van der Waals surface area contributed by atoms with Crippen molar-refractivity contribution >= 4 is 5.69 Å². The molecule has 0 bridgehead atoms. The Morgan fingerprint density at radius 1 is 1.16 bits per heavy atom. The molecule has 0 saturated heterocycles. The van der Waals surface area contributed by atoms with Gasteiger partial charge < -0.3 is 10.4 Å². The first-order valence-electron chi connectivity index (χ1n) is 5.79. The van der Waals surface area contributed by atoms with Gasteiger partial charge in [0.05, 0.1) is 18.3 Å². The number of hydrogen-bond donors (Lipinski definition) is 2. The molecule has 19 heavy (non-hydrogen) atoms. The Morgan fingerprint density at radius 3 is 2.42 bits per heavy atom. The molecule has 0 aliphatic heterocycles. The van der Waals surface area contributed by atoms with Gasteiger partial charge >= 0.3 is 0 Å². The molecule has 1 heterocycles. The number of halogens is 2. The molecule has 0 fully saturated rings. The summed E-state index contributed by atoms with van der Waals surface area (Å²) >= 11 is 0. The van der Waals surface area contributed by atoms with Gasteiger partial charge in [-0.25, -0.2) is 8.78 Å². The minimum atomic E-state index is -0.896. The maximum Gasteiger partial charge on any atom is 0.141 e. The number of anilines is 1. The van der Waals surface area contributed by atoms with Crippen LogP contribution in [0.5, 0.6) is 0 Å². The van der Waals surface area contributed by atoms with Crippen molar-refractivity contribution in [3.63, 3.8) is 0 Å². The Kier molecular flexibility index (Phi) is 3.76. The molecule has 1 unspecified atom stereocenters. The molecule has 0 saturated carbocycles. The SMILES string of the molecule is CC(CO)(Nc1ccc(F)cc1)c1cncc(F)c1. The van der Waals surface area contributed by atoms with Crippen molar-refractivity contribution in [1.82, 2.24) is 4.98 Å². The van der Waals surface area contributed by atoms with Crippen LogP contribution in [-0.4, -0.2) is 16.7 Å². The first-order valence-corrected chi connectivity index (χ1v) is 5.79. The van der Waals surface area contributed by atoms with Crippen LogP contribution in [0.3, 0.4) is 0 Å². The van der Waals surface area contributed by atoms with Crippen LogP contribution in [0.1, 0.15) is 12.5 Å². The minimum Gasteiger partial charge on any atom is -0.394 e. The summed E-state index contributed by atoms with van der Waals surface area (Å²) in [5.41, 5.74) is 0.244. The van der Waals surface area contributed by atoms with Gasteiger partial charge in [0, 0.05) is 17.4 Å². The van der Waals surface area contributed by atoms with E-state index in [0.717, 1.165) is 6.20 Å². The van der Waals surface area contributed by atoms with Crippen LogP contribution in [0.4, 0.5) is 14.5 Å². The minimum absolute atomic E-state index is 0.254. The van der Waals surface area contributed by atoms with Crippen molar-refractivity contribution in [3.8, 4) is 0 Å². The standard InChI is InChI=1S/C14H14F2N2O/c1-14(9-19,10-6-12(16)8-17-7-10)18-13-4-2-11(15)3-5-13/h2-8,18-19H,9H2,1H3. The molecule has 5 heteroatoms.